The molecule has 0 aromatic heterocycles. The lowest BCUT2D eigenvalue weighted by Crippen LogP contribution is -2.35. The van der Waals surface area contributed by atoms with Gasteiger partial charge in [-0.15, -0.1) is 0 Å². The molecule has 0 aliphatic rings. The Balaban J connectivity index is 4.16. The molecule has 0 spiro atoms. The highest BCUT2D eigenvalue weighted by molar-refractivity contribution is 5.76. The van der Waals surface area contributed by atoms with Gasteiger partial charge in [0.1, 0.15) is 5.78 Å². The first-order valence-electron chi connectivity index (χ1n) is 3.42. The van der Waals surface area contributed by atoms with Gasteiger partial charge >= 0.3 is 0 Å². The maximum absolute atomic E-state index is 10.6. The van der Waals surface area contributed by atoms with Crippen molar-refractivity contribution in [3.05, 3.63) is 0 Å². The fraction of sp³-hybridized carbons (Fsp3) is 0.857. The number of rotatable bonds is 5. The first-order valence-corrected chi connectivity index (χ1v) is 3.42. The van der Waals surface area contributed by atoms with Gasteiger partial charge in [-0.2, -0.15) is 0 Å². The van der Waals surface area contributed by atoms with Crippen LogP contribution in [0.25, 0.3) is 0 Å². The molecule has 0 rings (SSSR count). The van der Waals surface area contributed by atoms with Gasteiger partial charge in [0.2, 0.25) is 0 Å². The number of Topliss-reactive ketones (excluding diaryl/α,β-unsaturated/α-hetero) is 1. The zero-order chi connectivity index (χ0) is 8.91. The second kappa shape index (κ2) is 4.43. The molecule has 0 radical (unpaired) electrons. The average molecular weight is 162 g/mol. The predicted molar refractivity (Wildman–Crippen MR) is 39.0 cm³/mol. The first kappa shape index (κ1) is 10.6. The van der Waals surface area contributed by atoms with E-state index in [1.807, 2.05) is 0 Å². The standard InChI is InChI=1S/C7H14O4/c1-6(11)2-7(3-8,4-9)5-10/h8-10H,2-5H2,1H3. The number of hydrogen-bond donors (Lipinski definition) is 3. The third-order valence-corrected chi connectivity index (χ3v) is 1.63. The van der Waals surface area contributed by atoms with Crippen LogP contribution in [0.15, 0.2) is 0 Å². The van der Waals surface area contributed by atoms with Crippen molar-refractivity contribution in [3.63, 3.8) is 0 Å². The van der Waals surface area contributed by atoms with E-state index in [1.165, 1.54) is 6.92 Å². The maximum Gasteiger partial charge on any atom is 0.130 e. The van der Waals surface area contributed by atoms with Crippen molar-refractivity contribution in [3.8, 4) is 0 Å². The van der Waals surface area contributed by atoms with Crippen LogP contribution >= 0.6 is 0 Å². The fourth-order valence-electron chi connectivity index (χ4n) is 0.846. The van der Waals surface area contributed by atoms with Crippen LogP contribution in [-0.2, 0) is 4.79 Å². The SMILES string of the molecule is CC(=O)CC(CO)(CO)CO. The molecule has 0 aromatic rings. The second-order valence-corrected chi connectivity index (χ2v) is 2.85. The van der Waals surface area contributed by atoms with Gasteiger partial charge in [0.05, 0.1) is 19.8 Å². The van der Waals surface area contributed by atoms with Gasteiger partial charge in [0, 0.05) is 11.8 Å². The van der Waals surface area contributed by atoms with Crippen LogP contribution in [0.5, 0.6) is 0 Å². The molecule has 0 amide bonds. The molecular formula is C7H14O4. The number of ketones is 1. The van der Waals surface area contributed by atoms with Crippen molar-refractivity contribution in [2.75, 3.05) is 19.8 Å². The van der Waals surface area contributed by atoms with Gasteiger partial charge in [-0.3, -0.25) is 0 Å². The summed E-state index contributed by atoms with van der Waals surface area (Å²) in [7, 11) is 0. The van der Waals surface area contributed by atoms with E-state index in [9.17, 15) is 4.79 Å². The molecule has 0 fully saturated rings. The summed E-state index contributed by atoms with van der Waals surface area (Å²) < 4.78 is 0. The highest BCUT2D eigenvalue weighted by Crippen LogP contribution is 2.19. The van der Waals surface area contributed by atoms with Crippen molar-refractivity contribution < 1.29 is 20.1 Å². The lowest BCUT2D eigenvalue weighted by atomic mass is 9.86. The molecule has 0 aromatic carbocycles. The zero-order valence-electron chi connectivity index (χ0n) is 6.58. The Hall–Kier alpha value is -0.450. The topological polar surface area (TPSA) is 77.8 Å². The minimum Gasteiger partial charge on any atom is -0.396 e. The molecule has 0 saturated heterocycles. The summed E-state index contributed by atoms with van der Waals surface area (Å²) in [4.78, 5) is 10.6. The monoisotopic (exact) mass is 162 g/mol. The Bertz CT molecular complexity index is 120. The zero-order valence-corrected chi connectivity index (χ0v) is 6.58. The molecule has 3 N–H and O–H groups in total. The van der Waals surface area contributed by atoms with Gasteiger partial charge in [0.15, 0.2) is 0 Å². The third-order valence-electron chi connectivity index (χ3n) is 1.63. The van der Waals surface area contributed by atoms with Gasteiger partial charge in [0.25, 0.3) is 0 Å². The average Bonchev–Trinajstić information content (AvgIpc) is 2.00. The van der Waals surface area contributed by atoms with E-state index in [0.717, 1.165) is 0 Å². The molecule has 0 aliphatic heterocycles. The molecule has 0 unspecified atom stereocenters. The molecule has 0 heterocycles. The molecule has 0 saturated carbocycles. The predicted octanol–water partition coefficient (Wildman–Crippen LogP) is -1.07. The minimum atomic E-state index is -1.04. The quantitative estimate of drug-likeness (QED) is 0.481. The van der Waals surface area contributed by atoms with Crippen LogP contribution in [0.2, 0.25) is 0 Å². The Morgan fingerprint density at radius 1 is 1.18 bits per heavy atom. The van der Waals surface area contributed by atoms with Crippen LogP contribution in [-0.4, -0.2) is 40.9 Å². The largest absolute Gasteiger partial charge is 0.396 e. The molecule has 0 atom stereocenters. The normalized spacial score (nSPS) is 11.6. The van der Waals surface area contributed by atoms with Crippen LogP contribution in [0, 0.1) is 5.41 Å². The first-order chi connectivity index (χ1) is 5.10. The van der Waals surface area contributed by atoms with Gasteiger partial charge in [-0.05, 0) is 6.92 Å². The van der Waals surface area contributed by atoms with E-state index in [1.54, 1.807) is 0 Å². The number of carbonyl (C=O) groups excluding carboxylic acids is 1. The van der Waals surface area contributed by atoms with E-state index in [2.05, 4.69) is 0 Å². The van der Waals surface area contributed by atoms with Crippen molar-refractivity contribution >= 4 is 5.78 Å². The summed E-state index contributed by atoms with van der Waals surface area (Å²) in [5.74, 6) is -0.151. The van der Waals surface area contributed by atoms with Crippen molar-refractivity contribution in [1.29, 1.82) is 0 Å². The molecule has 4 heteroatoms. The summed E-state index contributed by atoms with van der Waals surface area (Å²) in [6.07, 6.45) is 0.0104. The van der Waals surface area contributed by atoms with E-state index >= 15 is 0 Å². The molecule has 66 valence electrons. The van der Waals surface area contributed by atoms with Gasteiger partial charge in [-0.1, -0.05) is 0 Å². The van der Waals surface area contributed by atoms with Crippen molar-refractivity contribution in [2.45, 2.75) is 13.3 Å². The number of aliphatic hydroxyl groups excluding tert-OH is 3. The van der Waals surface area contributed by atoms with Crippen LogP contribution in [0.3, 0.4) is 0 Å². The Kier molecular flexibility index (Phi) is 4.25. The summed E-state index contributed by atoms with van der Waals surface area (Å²) in [6.45, 7) is 0.231. The molecular weight excluding hydrogens is 148 g/mol. The Morgan fingerprint density at radius 2 is 1.55 bits per heavy atom. The van der Waals surface area contributed by atoms with E-state index in [-0.39, 0.29) is 32.0 Å². The van der Waals surface area contributed by atoms with E-state index in [0.29, 0.717) is 0 Å². The smallest absolute Gasteiger partial charge is 0.130 e. The maximum atomic E-state index is 10.6. The van der Waals surface area contributed by atoms with Crippen LogP contribution < -0.4 is 0 Å². The lowest BCUT2D eigenvalue weighted by Gasteiger charge is -2.25. The highest BCUT2D eigenvalue weighted by Gasteiger charge is 2.29. The van der Waals surface area contributed by atoms with Crippen molar-refractivity contribution in [2.24, 2.45) is 5.41 Å². The number of hydrogen-bond acceptors (Lipinski definition) is 4. The molecule has 0 bridgehead atoms. The van der Waals surface area contributed by atoms with Gasteiger partial charge in [-0.25, -0.2) is 0 Å². The molecule has 4 nitrogen and oxygen atoms in total. The minimum absolute atomic E-state index is 0.0104. The van der Waals surface area contributed by atoms with Crippen molar-refractivity contribution in [1.82, 2.24) is 0 Å². The summed E-state index contributed by atoms with van der Waals surface area (Å²) >= 11 is 0. The Morgan fingerprint density at radius 3 is 1.64 bits per heavy atom. The van der Waals surface area contributed by atoms with Crippen LogP contribution in [0.1, 0.15) is 13.3 Å². The molecule has 11 heavy (non-hydrogen) atoms. The van der Waals surface area contributed by atoms with Gasteiger partial charge < -0.3 is 20.1 Å². The van der Waals surface area contributed by atoms with Crippen LogP contribution in [0.4, 0.5) is 0 Å². The second-order valence-electron chi connectivity index (χ2n) is 2.85. The molecule has 0 aliphatic carbocycles. The third kappa shape index (κ3) is 2.96. The Labute approximate surface area is 65.5 Å². The highest BCUT2D eigenvalue weighted by atomic mass is 16.3. The lowest BCUT2D eigenvalue weighted by molar-refractivity contribution is -0.122. The summed E-state index contributed by atoms with van der Waals surface area (Å²) in [5.41, 5.74) is -1.04. The summed E-state index contributed by atoms with van der Waals surface area (Å²) in [5, 5.41) is 26.3. The number of carbonyl (C=O) groups is 1. The van der Waals surface area contributed by atoms with E-state index in [4.69, 9.17) is 15.3 Å². The van der Waals surface area contributed by atoms with E-state index < -0.39 is 5.41 Å². The fourth-order valence-corrected chi connectivity index (χ4v) is 0.846. The summed E-state index contributed by atoms with van der Waals surface area (Å²) in [6, 6.07) is 0. The number of aliphatic hydroxyl groups is 3.